The summed E-state index contributed by atoms with van der Waals surface area (Å²) < 4.78 is 12.1. The van der Waals surface area contributed by atoms with Gasteiger partial charge in [0.2, 0.25) is 0 Å². The minimum absolute atomic E-state index is 0.657. The predicted octanol–water partition coefficient (Wildman–Crippen LogP) is 3.08. The van der Waals surface area contributed by atoms with Crippen molar-refractivity contribution in [3.8, 4) is 5.75 Å². The van der Waals surface area contributed by atoms with Crippen LogP contribution in [0.1, 0.15) is 6.92 Å². The average molecular weight is 258 g/mol. The first-order chi connectivity index (χ1) is 8.74. The Morgan fingerprint density at radius 3 is 2.00 bits per heavy atom. The Labute approximate surface area is 109 Å². The smallest absolute Gasteiger partial charge is 0.430 e. The van der Waals surface area contributed by atoms with Crippen LogP contribution in [-0.4, -0.2) is 15.2 Å². The van der Waals surface area contributed by atoms with Crippen molar-refractivity contribution in [2.24, 2.45) is 0 Å². The average Bonchev–Trinajstić information content (AvgIpc) is 2.41. The Bertz CT molecular complexity index is 472. The summed E-state index contributed by atoms with van der Waals surface area (Å²) in [6.07, 6.45) is 0. The molecule has 0 heterocycles. The Hall–Kier alpha value is -1.58. The second kappa shape index (κ2) is 5.84. The Balaban J connectivity index is 2.27. The third-order valence-corrected chi connectivity index (χ3v) is 5.62. The highest BCUT2D eigenvalue weighted by Gasteiger charge is 2.35. The van der Waals surface area contributed by atoms with Gasteiger partial charge in [-0.25, -0.2) is 0 Å². The Kier molecular flexibility index (Phi) is 4.18. The van der Waals surface area contributed by atoms with Crippen molar-refractivity contribution < 1.29 is 8.85 Å². The summed E-state index contributed by atoms with van der Waals surface area (Å²) in [6.45, 7) is 4.74. The van der Waals surface area contributed by atoms with Gasteiger partial charge in [0, 0.05) is 11.8 Å². The minimum Gasteiger partial charge on any atom is -0.517 e. The fourth-order valence-corrected chi connectivity index (χ4v) is 4.18. The molecule has 0 amide bonds. The minimum atomic E-state index is -2.37. The molecule has 3 heteroatoms. The number of benzene rings is 2. The van der Waals surface area contributed by atoms with Gasteiger partial charge in [0.25, 0.3) is 0 Å². The van der Waals surface area contributed by atoms with E-state index in [1.165, 1.54) is 0 Å². The van der Waals surface area contributed by atoms with Gasteiger partial charge in [0.15, 0.2) is 0 Å². The van der Waals surface area contributed by atoms with Gasteiger partial charge in [-0.2, -0.15) is 0 Å². The maximum atomic E-state index is 6.15. The quantitative estimate of drug-likeness (QED) is 0.767. The molecule has 0 saturated heterocycles. The summed E-state index contributed by atoms with van der Waals surface area (Å²) in [5.41, 5.74) is 0. The highest BCUT2D eigenvalue weighted by Crippen LogP contribution is 2.16. The fraction of sp³-hybridized carbons (Fsp3) is 0.200. The molecule has 94 valence electrons. The van der Waals surface area contributed by atoms with Crippen LogP contribution in [0.3, 0.4) is 0 Å². The molecule has 0 fully saturated rings. The highest BCUT2D eigenvalue weighted by atomic mass is 28.4. The van der Waals surface area contributed by atoms with Gasteiger partial charge in [-0.05, 0) is 25.6 Å². The molecule has 2 aromatic rings. The zero-order valence-electron chi connectivity index (χ0n) is 10.8. The lowest BCUT2D eigenvalue weighted by atomic mass is 10.3. The second-order valence-corrected chi connectivity index (χ2v) is 7.12. The largest absolute Gasteiger partial charge is 0.517 e. The van der Waals surface area contributed by atoms with Crippen molar-refractivity contribution >= 4 is 13.7 Å². The number of para-hydroxylation sites is 1. The van der Waals surface area contributed by atoms with Crippen LogP contribution in [0.25, 0.3) is 0 Å². The normalized spacial score (nSPS) is 13.9. The summed E-state index contributed by atoms with van der Waals surface area (Å²) in [4.78, 5) is 0. The van der Waals surface area contributed by atoms with Crippen molar-refractivity contribution in [2.75, 3.05) is 6.61 Å². The summed E-state index contributed by atoms with van der Waals surface area (Å²) in [6, 6.07) is 20.1. The summed E-state index contributed by atoms with van der Waals surface area (Å²) in [5.74, 6) is 0.865. The lowest BCUT2D eigenvalue weighted by molar-refractivity contribution is 0.270. The molecule has 0 radical (unpaired) electrons. The van der Waals surface area contributed by atoms with E-state index in [4.69, 9.17) is 8.85 Å². The first kappa shape index (κ1) is 12.9. The SMILES string of the molecule is CCO[Si](C)(Oc1ccccc1)c1ccccc1. The van der Waals surface area contributed by atoms with E-state index in [2.05, 4.69) is 18.7 Å². The molecule has 2 aromatic carbocycles. The van der Waals surface area contributed by atoms with Gasteiger partial charge in [-0.15, -0.1) is 0 Å². The first-order valence-corrected chi connectivity index (χ1v) is 8.50. The van der Waals surface area contributed by atoms with Gasteiger partial charge in [0.05, 0.1) is 0 Å². The zero-order valence-corrected chi connectivity index (χ0v) is 11.8. The molecule has 1 unspecified atom stereocenters. The zero-order chi connectivity index (χ0) is 12.8. The third-order valence-electron chi connectivity index (χ3n) is 2.77. The monoisotopic (exact) mass is 258 g/mol. The van der Waals surface area contributed by atoms with Crippen LogP contribution >= 0.6 is 0 Å². The molecule has 0 aliphatic rings. The topological polar surface area (TPSA) is 18.5 Å². The van der Waals surface area contributed by atoms with E-state index >= 15 is 0 Å². The first-order valence-electron chi connectivity index (χ1n) is 6.18. The second-order valence-electron chi connectivity index (χ2n) is 4.16. The third kappa shape index (κ3) is 3.00. The van der Waals surface area contributed by atoms with Crippen LogP contribution in [0.4, 0.5) is 0 Å². The van der Waals surface area contributed by atoms with E-state index in [0.29, 0.717) is 6.61 Å². The van der Waals surface area contributed by atoms with E-state index < -0.39 is 8.56 Å². The molecule has 0 N–H and O–H groups in total. The van der Waals surface area contributed by atoms with Gasteiger partial charge < -0.3 is 8.85 Å². The maximum absolute atomic E-state index is 6.15. The van der Waals surface area contributed by atoms with Crippen molar-refractivity contribution in [1.82, 2.24) is 0 Å². The maximum Gasteiger partial charge on any atom is 0.430 e. The number of hydrogen-bond acceptors (Lipinski definition) is 2. The highest BCUT2D eigenvalue weighted by molar-refractivity contribution is 6.80. The molecule has 2 rings (SSSR count). The van der Waals surface area contributed by atoms with Crippen LogP contribution < -0.4 is 9.61 Å². The predicted molar refractivity (Wildman–Crippen MR) is 76.4 cm³/mol. The molecule has 0 aliphatic heterocycles. The molecule has 0 saturated carbocycles. The van der Waals surface area contributed by atoms with Crippen molar-refractivity contribution in [3.05, 3.63) is 60.7 Å². The summed E-state index contributed by atoms with van der Waals surface area (Å²) in [7, 11) is -2.37. The molecule has 0 spiro atoms. The number of hydrogen-bond donors (Lipinski definition) is 0. The van der Waals surface area contributed by atoms with Gasteiger partial charge in [0.1, 0.15) is 5.75 Å². The van der Waals surface area contributed by atoms with Crippen LogP contribution in [0.5, 0.6) is 5.75 Å². The van der Waals surface area contributed by atoms with E-state index in [1.54, 1.807) is 0 Å². The van der Waals surface area contributed by atoms with E-state index in [0.717, 1.165) is 10.9 Å². The molecule has 0 aliphatic carbocycles. The summed E-state index contributed by atoms with van der Waals surface area (Å²) in [5, 5.41) is 1.15. The van der Waals surface area contributed by atoms with Gasteiger partial charge in [-0.3, -0.25) is 0 Å². The van der Waals surface area contributed by atoms with Crippen LogP contribution in [-0.2, 0) is 4.43 Å². The van der Waals surface area contributed by atoms with Crippen molar-refractivity contribution in [2.45, 2.75) is 13.5 Å². The lowest BCUT2D eigenvalue weighted by Gasteiger charge is -2.27. The molecule has 18 heavy (non-hydrogen) atoms. The standard InChI is InChI=1S/C15H18O2Si/c1-3-16-18(2,15-12-8-5-9-13-15)17-14-10-6-4-7-11-14/h4-13H,3H2,1-2H3. The summed E-state index contributed by atoms with van der Waals surface area (Å²) >= 11 is 0. The van der Waals surface area contributed by atoms with Gasteiger partial charge >= 0.3 is 8.56 Å². The molecular weight excluding hydrogens is 240 g/mol. The van der Waals surface area contributed by atoms with Crippen molar-refractivity contribution in [3.63, 3.8) is 0 Å². The van der Waals surface area contributed by atoms with Crippen LogP contribution in [0, 0.1) is 0 Å². The molecule has 2 nitrogen and oxygen atoms in total. The van der Waals surface area contributed by atoms with E-state index in [9.17, 15) is 0 Å². The van der Waals surface area contributed by atoms with Gasteiger partial charge in [-0.1, -0.05) is 48.5 Å². The molecule has 0 aromatic heterocycles. The molecular formula is C15H18O2Si. The van der Waals surface area contributed by atoms with E-state index in [1.807, 2.05) is 55.5 Å². The van der Waals surface area contributed by atoms with E-state index in [-0.39, 0.29) is 0 Å². The van der Waals surface area contributed by atoms with Crippen LogP contribution in [0.15, 0.2) is 60.7 Å². The van der Waals surface area contributed by atoms with Crippen molar-refractivity contribution in [1.29, 1.82) is 0 Å². The fourth-order valence-electron chi connectivity index (χ4n) is 1.90. The van der Waals surface area contributed by atoms with Crippen LogP contribution in [0.2, 0.25) is 6.55 Å². The molecule has 0 bridgehead atoms. The number of rotatable bonds is 5. The lowest BCUT2D eigenvalue weighted by Crippen LogP contribution is -2.53. The Morgan fingerprint density at radius 1 is 0.889 bits per heavy atom. The molecule has 1 atom stereocenters. The Morgan fingerprint density at radius 2 is 1.44 bits per heavy atom.